The van der Waals surface area contributed by atoms with Crippen molar-refractivity contribution >= 4 is 35.0 Å². The van der Waals surface area contributed by atoms with E-state index < -0.39 is 10.9 Å². The molecule has 32 heavy (non-hydrogen) atoms. The van der Waals surface area contributed by atoms with Gasteiger partial charge in [0.15, 0.2) is 0 Å². The highest BCUT2D eigenvalue weighted by Crippen LogP contribution is 2.35. The van der Waals surface area contributed by atoms with Gasteiger partial charge < -0.3 is 4.74 Å². The predicted octanol–water partition coefficient (Wildman–Crippen LogP) is 4.85. The molecule has 1 heterocycles. The number of ether oxygens (including phenoxy) is 1. The van der Waals surface area contributed by atoms with E-state index in [1.165, 1.54) is 19.2 Å². The predicted molar refractivity (Wildman–Crippen MR) is 121 cm³/mol. The summed E-state index contributed by atoms with van der Waals surface area (Å²) in [7, 11) is 1.31. The largest absolute Gasteiger partial charge is 0.465 e. The number of carbonyl (C=O) groups is 2. The SMILES string of the molecule is COC(=O)c1ccc(N2C(=O)C(=Cc3ccc([N+](=O)[O-])cc3)C=C2c2ccccc2)cc1. The highest BCUT2D eigenvalue weighted by atomic mass is 16.6. The Morgan fingerprint density at radius 2 is 1.62 bits per heavy atom. The van der Waals surface area contributed by atoms with Gasteiger partial charge >= 0.3 is 5.97 Å². The molecule has 0 bridgehead atoms. The topological polar surface area (TPSA) is 89.8 Å². The van der Waals surface area contributed by atoms with Crippen LogP contribution in [0.5, 0.6) is 0 Å². The van der Waals surface area contributed by atoms with Crippen LogP contribution in [0, 0.1) is 10.1 Å². The van der Waals surface area contributed by atoms with Crippen LogP contribution in [0.4, 0.5) is 11.4 Å². The maximum absolute atomic E-state index is 13.3. The highest BCUT2D eigenvalue weighted by Gasteiger charge is 2.30. The zero-order valence-electron chi connectivity index (χ0n) is 17.1. The number of amides is 1. The van der Waals surface area contributed by atoms with Crippen LogP contribution in [0.2, 0.25) is 0 Å². The molecule has 7 nitrogen and oxygen atoms in total. The van der Waals surface area contributed by atoms with Crippen LogP contribution in [0.1, 0.15) is 21.5 Å². The minimum absolute atomic E-state index is 0.0160. The molecule has 7 heteroatoms. The van der Waals surface area contributed by atoms with Crippen LogP contribution in [0.25, 0.3) is 11.8 Å². The molecule has 0 unspecified atom stereocenters. The Bertz CT molecular complexity index is 1240. The average molecular weight is 426 g/mol. The number of carbonyl (C=O) groups excluding carboxylic acids is 2. The minimum Gasteiger partial charge on any atom is -0.465 e. The molecular formula is C25H18N2O5. The minimum atomic E-state index is -0.467. The van der Waals surface area contributed by atoms with Gasteiger partial charge in [0.2, 0.25) is 0 Å². The Balaban J connectivity index is 1.74. The van der Waals surface area contributed by atoms with E-state index in [4.69, 9.17) is 4.74 Å². The second-order valence-corrected chi connectivity index (χ2v) is 7.02. The van der Waals surface area contributed by atoms with E-state index in [2.05, 4.69) is 0 Å². The van der Waals surface area contributed by atoms with Gasteiger partial charge in [0.05, 0.1) is 23.3 Å². The van der Waals surface area contributed by atoms with E-state index in [0.29, 0.717) is 28.1 Å². The number of rotatable bonds is 5. The van der Waals surface area contributed by atoms with Gasteiger partial charge in [-0.2, -0.15) is 0 Å². The summed E-state index contributed by atoms with van der Waals surface area (Å²) in [6.45, 7) is 0. The summed E-state index contributed by atoms with van der Waals surface area (Å²) in [5, 5.41) is 10.9. The molecule has 0 atom stereocenters. The highest BCUT2D eigenvalue weighted by molar-refractivity contribution is 6.23. The normalized spacial score (nSPS) is 14.4. The maximum atomic E-state index is 13.3. The fraction of sp³-hybridized carbons (Fsp3) is 0.0400. The molecule has 0 aromatic heterocycles. The zero-order chi connectivity index (χ0) is 22.7. The van der Waals surface area contributed by atoms with Gasteiger partial charge in [-0.15, -0.1) is 0 Å². The Hall–Kier alpha value is -4.52. The quantitative estimate of drug-likeness (QED) is 0.252. The average Bonchev–Trinajstić information content (AvgIpc) is 3.15. The van der Waals surface area contributed by atoms with Gasteiger partial charge in [-0.05, 0) is 59.7 Å². The van der Waals surface area contributed by atoms with Crippen LogP contribution in [0.15, 0.2) is 90.5 Å². The van der Waals surface area contributed by atoms with Crippen molar-refractivity contribution in [3.8, 4) is 0 Å². The lowest BCUT2D eigenvalue weighted by atomic mass is 10.1. The van der Waals surface area contributed by atoms with Gasteiger partial charge in [0, 0.05) is 23.4 Å². The number of non-ortho nitro benzene ring substituents is 1. The molecule has 0 N–H and O–H groups in total. The molecule has 158 valence electrons. The molecular weight excluding hydrogens is 408 g/mol. The number of hydrogen-bond acceptors (Lipinski definition) is 5. The lowest BCUT2D eigenvalue weighted by Gasteiger charge is -2.21. The van der Waals surface area contributed by atoms with Crippen LogP contribution in [-0.4, -0.2) is 23.9 Å². The second-order valence-electron chi connectivity index (χ2n) is 7.02. The number of benzene rings is 3. The molecule has 0 saturated heterocycles. The molecule has 1 amide bonds. The van der Waals surface area contributed by atoms with Crippen molar-refractivity contribution in [1.29, 1.82) is 0 Å². The van der Waals surface area contributed by atoms with E-state index in [9.17, 15) is 19.7 Å². The van der Waals surface area contributed by atoms with E-state index >= 15 is 0 Å². The molecule has 3 aromatic rings. The van der Waals surface area contributed by atoms with E-state index in [1.54, 1.807) is 53.5 Å². The van der Waals surface area contributed by atoms with Crippen LogP contribution < -0.4 is 4.90 Å². The van der Waals surface area contributed by atoms with Crippen molar-refractivity contribution < 1.29 is 19.2 Å². The van der Waals surface area contributed by atoms with Gasteiger partial charge in [-0.3, -0.25) is 19.8 Å². The van der Waals surface area contributed by atoms with Crippen molar-refractivity contribution in [1.82, 2.24) is 0 Å². The van der Waals surface area contributed by atoms with Crippen molar-refractivity contribution in [3.05, 3.63) is 117 Å². The Kier molecular flexibility index (Phi) is 5.63. The van der Waals surface area contributed by atoms with Crippen molar-refractivity contribution in [2.75, 3.05) is 12.0 Å². The van der Waals surface area contributed by atoms with E-state index in [-0.39, 0.29) is 11.6 Å². The van der Waals surface area contributed by atoms with Gasteiger partial charge in [-0.1, -0.05) is 30.3 Å². The van der Waals surface area contributed by atoms with E-state index in [1.807, 2.05) is 30.3 Å². The fourth-order valence-electron chi connectivity index (χ4n) is 3.43. The summed E-state index contributed by atoms with van der Waals surface area (Å²) >= 11 is 0. The standard InChI is InChI=1S/C25H18N2O5/c1-32-25(29)19-9-13-21(14-10-19)26-23(18-5-3-2-4-6-18)16-20(24(26)28)15-17-7-11-22(12-8-17)27(30)31/h2-16H,1H3. The summed E-state index contributed by atoms with van der Waals surface area (Å²) in [6.07, 6.45) is 3.48. The molecule has 0 spiro atoms. The first-order valence-electron chi connectivity index (χ1n) is 9.74. The summed E-state index contributed by atoms with van der Waals surface area (Å²) < 4.78 is 4.74. The van der Waals surface area contributed by atoms with Crippen LogP contribution in [-0.2, 0) is 9.53 Å². The molecule has 0 radical (unpaired) electrons. The number of nitro groups is 1. The van der Waals surface area contributed by atoms with Crippen molar-refractivity contribution in [2.24, 2.45) is 0 Å². The van der Waals surface area contributed by atoms with Crippen LogP contribution in [0.3, 0.4) is 0 Å². The summed E-state index contributed by atoms with van der Waals surface area (Å²) in [5.74, 6) is -0.699. The Labute approximate surface area is 184 Å². The number of esters is 1. The third-order valence-electron chi connectivity index (χ3n) is 5.03. The second kappa shape index (κ2) is 8.69. The zero-order valence-corrected chi connectivity index (χ0v) is 17.1. The lowest BCUT2D eigenvalue weighted by Crippen LogP contribution is -2.25. The first-order chi connectivity index (χ1) is 15.5. The van der Waals surface area contributed by atoms with Gasteiger partial charge in [0.1, 0.15) is 0 Å². The number of nitrogens with zero attached hydrogens (tertiary/aromatic N) is 2. The van der Waals surface area contributed by atoms with Crippen molar-refractivity contribution in [3.63, 3.8) is 0 Å². The van der Waals surface area contributed by atoms with Crippen LogP contribution >= 0.6 is 0 Å². The summed E-state index contributed by atoms with van der Waals surface area (Å²) in [6, 6.07) is 22.1. The van der Waals surface area contributed by atoms with Gasteiger partial charge in [-0.25, -0.2) is 4.79 Å². The number of anilines is 1. The molecule has 4 rings (SSSR count). The third kappa shape index (κ3) is 4.04. The Morgan fingerprint density at radius 1 is 0.969 bits per heavy atom. The summed E-state index contributed by atoms with van der Waals surface area (Å²) in [5.41, 5.74) is 3.62. The molecule has 1 aliphatic heterocycles. The summed E-state index contributed by atoms with van der Waals surface area (Å²) in [4.78, 5) is 37.1. The molecule has 3 aromatic carbocycles. The maximum Gasteiger partial charge on any atom is 0.337 e. The number of hydrogen-bond donors (Lipinski definition) is 0. The number of nitro benzene ring substituents is 1. The van der Waals surface area contributed by atoms with Crippen molar-refractivity contribution in [2.45, 2.75) is 0 Å². The molecule has 0 saturated carbocycles. The lowest BCUT2D eigenvalue weighted by molar-refractivity contribution is -0.384. The molecule has 0 fully saturated rings. The Morgan fingerprint density at radius 3 is 2.22 bits per heavy atom. The first kappa shape index (κ1) is 20.7. The fourth-order valence-corrected chi connectivity index (χ4v) is 3.43. The van der Waals surface area contributed by atoms with E-state index in [0.717, 1.165) is 5.56 Å². The number of methoxy groups -OCH3 is 1. The molecule has 0 aliphatic carbocycles. The first-order valence-corrected chi connectivity index (χ1v) is 9.74. The molecule has 1 aliphatic rings. The van der Waals surface area contributed by atoms with Gasteiger partial charge in [0.25, 0.3) is 11.6 Å². The monoisotopic (exact) mass is 426 g/mol. The third-order valence-corrected chi connectivity index (χ3v) is 5.03. The smallest absolute Gasteiger partial charge is 0.337 e.